The maximum Gasteiger partial charge on any atom is 0.227 e. The highest BCUT2D eigenvalue weighted by molar-refractivity contribution is 5.80. The van der Waals surface area contributed by atoms with E-state index in [1.165, 1.54) is 5.69 Å². The number of aryl methyl sites for hydroxylation is 1. The first-order chi connectivity index (χ1) is 12.2. The Labute approximate surface area is 145 Å². The minimum atomic E-state index is 0.124. The van der Waals surface area contributed by atoms with Gasteiger partial charge in [-0.15, -0.1) is 0 Å². The number of pyridine rings is 1. The Balaban J connectivity index is 1.51. The van der Waals surface area contributed by atoms with Gasteiger partial charge in [-0.2, -0.15) is 5.10 Å². The maximum atomic E-state index is 13.0. The van der Waals surface area contributed by atoms with Gasteiger partial charge in [0.15, 0.2) is 5.65 Å². The Hall–Kier alpha value is -2.76. The zero-order chi connectivity index (χ0) is 17.0. The molecule has 0 aromatic carbocycles. The Morgan fingerprint density at radius 1 is 1.32 bits per heavy atom. The van der Waals surface area contributed by atoms with E-state index < -0.39 is 0 Å². The van der Waals surface area contributed by atoms with Gasteiger partial charge in [-0.1, -0.05) is 6.07 Å². The predicted octanol–water partition coefficient (Wildman–Crippen LogP) is 2.26. The molecule has 6 nitrogen and oxygen atoms in total. The molecule has 1 amide bonds. The lowest BCUT2D eigenvalue weighted by Crippen LogP contribution is -2.43. The molecule has 5 heterocycles. The third kappa shape index (κ3) is 2.24. The lowest BCUT2D eigenvalue weighted by molar-refractivity contribution is -0.134. The van der Waals surface area contributed by atoms with Crippen molar-refractivity contribution in [2.45, 2.75) is 44.7 Å². The standard InChI is InChI=1S/C19H19N5O/c1-12-7-18-21-11-15-16-5-4-14(9-17(15)24(18)22-12)23(16)19(25)8-13-3-2-6-20-10-13/h2-3,6-7,10-11,14,16H,4-5,8-9H2,1H3/t14-,16-/m1/s1. The summed E-state index contributed by atoms with van der Waals surface area (Å²) in [7, 11) is 0. The number of amides is 1. The average molecular weight is 333 g/mol. The quantitative estimate of drug-likeness (QED) is 0.722. The summed E-state index contributed by atoms with van der Waals surface area (Å²) in [6.07, 6.45) is 8.76. The smallest absolute Gasteiger partial charge is 0.227 e. The molecule has 2 bridgehead atoms. The molecule has 6 heteroatoms. The lowest BCUT2D eigenvalue weighted by atomic mass is 9.98. The zero-order valence-corrected chi connectivity index (χ0v) is 14.1. The van der Waals surface area contributed by atoms with Gasteiger partial charge < -0.3 is 4.90 Å². The van der Waals surface area contributed by atoms with Crippen LogP contribution in [0.5, 0.6) is 0 Å². The number of carbonyl (C=O) groups is 1. The SMILES string of the molecule is Cc1cc2ncc3c(n2n1)C[C@H]1CC[C@H]3N1C(=O)Cc1cccnc1. The summed E-state index contributed by atoms with van der Waals surface area (Å²) in [5.74, 6) is 0.183. The van der Waals surface area contributed by atoms with Crippen molar-refractivity contribution in [2.75, 3.05) is 0 Å². The van der Waals surface area contributed by atoms with Crippen molar-refractivity contribution in [1.29, 1.82) is 0 Å². The molecule has 0 radical (unpaired) electrons. The van der Waals surface area contributed by atoms with Crippen molar-refractivity contribution >= 4 is 11.6 Å². The van der Waals surface area contributed by atoms with Gasteiger partial charge in [0.1, 0.15) is 0 Å². The molecule has 3 aromatic rings. The van der Waals surface area contributed by atoms with Crippen LogP contribution in [0.3, 0.4) is 0 Å². The second-order valence-corrected chi connectivity index (χ2v) is 7.01. The van der Waals surface area contributed by atoms with E-state index in [9.17, 15) is 4.79 Å². The van der Waals surface area contributed by atoms with Crippen LogP contribution < -0.4 is 0 Å². The van der Waals surface area contributed by atoms with Crippen LogP contribution in [0.2, 0.25) is 0 Å². The van der Waals surface area contributed by atoms with Crippen LogP contribution in [0.1, 0.15) is 41.4 Å². The van der Waals surface area contributed by atoms with E-state index in [1.807, 2.05) is 35.8 Å². The average Bonchev–Trinajstić information content (AvgIpc) is 3.15. The van der Waals surface area contributed by atoms with Gasteiger partial charge in [0.05, 0.1) is 23.9 Å². The normalized spacial score (nSPS) is 21.6. The van der Waals surface area contributed by atoms with Crippen LogP contribution in [0.15, 0.2) is 36.8 Å². The summed E-state index contributed by atoms with van der Waals surface area (Å²) in [4.78, 5) is 23.7. The van der Waals surface area contributed by atoms with Gasteiger partial charge in [0.25, 0.3) is 0 Å². The summed E-state index contributed by atoms with van der Waals surface area (Å²) >= 11 is 0. The summed E-state index contributed by atoms with van der Waals surface area (Å²) in [6.45, 7) is 1.99. The van der Waals surface area contributed by atoms with Gasteiger partial charge in [0, 0.05) is 42.7 Å². The fourth-order valence-electron chi connectivity index (χ4n) is 4.35. The summed E-state index contributed by atoms with van der Waals surface area (Å²) in [6, 6.07) is 6.23. The molecule has 0 spiro atoms. The number of hydrogen-bond acceptors (Lipinski definition) is 4. The first-order valence-corrected chi connectivity index (χ1v) is 8.75. The van der Waals surface area contributed by atoms with Crippen molar-refractivity contribution in [1.82, 2.24) is 24.5 Å². The van der Waals surface area contributed by atoms with Gasteiger partial charge in [-0.05, 0) is 31.4 Å². The fourth-order valence-corrected chi connectivity index (χ4v) is 4.35. The van der Waals surface area contributed by atoms with E-state index in [2.05, 4.69) is 20.0 Å². The van der Waals surface area contributed by atoms with Crippen LogP contribution in [0.25, 0.3) is 5.65 Å². The summed E-state index contributed by atoms with van der Waals surface area (Å²) in [5, 5.41) is 4.60. The van der Waals surface area contributed by atoms with E-state index in [-0.39, 0.29) is 18.0 Å². The molecule has 5 rings (SSSR count). The minimum Gasteiger partial charge on any atom is -0.332 e. The Kier molecular flexibility index (Phi) is 3.13. The predicted molar refractivity (Wildman–Crippen MR) is 92.0 cm³/mol. The summed E-state index contributed by atoms with van der Waals surface area (Å²) < 4.78 is 1.97. The highest BCUT2D eigenvalue weighted by Gasteiger charge is 2.43. The third-order valence-corrected chi connectivity index (χ3v) is 5.39. The molecule has 2 aliphatic heterocycles. The topological polar surface area (TPSA) is 63.4 Å². The number of nitrogens with zero attached hydrogens (tertiary/aromatic N) is 5. The molecule has 2 aliphatic rings. The second kappa shape index (κ2) is 5.37. The van der Waals surface area contributed by atoms with Crippen molar-refractivity contribution in [3.8, 4) is 0 Å². The van der Waals surface area contributed by atoms with Gasteiger partial charge in [-0.25, -0.2) is 9.50 Å². The fraction of sp³-hybridized carbons (Fsp3) is 0.368. The number of fused-ring (bicyclic) bond motifs is 6. The van der Waals surface area contributed by atoms with Gasteiger partial charge in [-0.3, -0.25) is 9.78 Å². The zero-order valence-electron chi connectivity index (χ0n) is 14.1. The van der Waals surface area contributed by atoms with E-state index >= 15 is 0 Å². The van der Waals surface area contributed by atoms with Crippen LogP contribution in [0, 0.1) is 6.92 Å². The van der Waals surface area contributed by atoms with Gasteiger partial charge >= 0.3 is 0 Å². The van der Waals surface area contributed by atoms with Crippen molar-refractivity contribution in [3.05, 3.63) is 59.3 Å². The molecule has 25 heavy (non-hydrogen) atoms. The largest absolute Gasteiger partial charge is 0.332 e. The first kappa shape index (κ1) is 14.6. The lowest BCUT2D eigenvalue weighted by Gasteiger charge is -2.36. The Bertz CT molecular complexity index is 965. The molecule has 1 fully saturated rings. The van der Waals surface area contributed by atoms with Crippen LogP contribution in [-0.2, 0) is 17.6 Å². The molecule has 0 unspecified atom stereocenters. The maximum absolute atomic E-state index is 13.0. The highest BCUT2D eigenvalue weighted by atomic mass is 16.2. The molecule has 0 N–H and O–H groups in total. The Morgan fingerprint density at radius 3 is 3.08 bits per heavy atom. The third-order valence-electron chi connectivity index (χ3n) is 5.39. The van der Waals surface area contributed by atoms with Crippen molar-refractivity contribution in [2.24, 2.45) is 0 Å². The van der Waals surface area contributed by atoms with E-state index in [0.717, 1.165) is 41.7 Å². The number of aromatic nitrogens is 4. The second-order valence-electron chi connectivity index (χ2n) is 7.01. The minimum absolute atomic E-state index is 0.124. The summed E-state index contributed by atoms with van der Waals surface area (Å²) in [5.41, 5.74) is 5.21. The monoisotopic (exact) mass is 333 g/mol. The number of hydrogen-bond donors (Lipinski definition) is 0. The van der Waals surface area contributed by atoms with E-state index in [4.69, 9.17) is 0 Å². The van der Waals surface area contributed by atoms with Crippen LogP contribution in [0.4, 0.5) is 0 Å². The Morgan fingerprint density at radius 2 is 2.24 bits per heavy atom. The molecular formula is C19H19N5O. The van der Waals surface area contributed by atoms with Crippen molar-refractivity contribution in [3.63, 3.8) is 0 Å². The number of carbonyl (C=O) groups excluding carboxylic acids is 1. The first-order valence-electron chi connectivity index (χ1n) is 8.75. The number of rotatable bonds is 2. The molecule has 0 aliphatic carbocycles. The molecule has 2 atom stereocenters. The van der Waals surface area contributed by atoms with Gasteiger partial charge in [0.2, 0.25) is 5.91 Å². The van der Waals surface area contributed by atoms with Crippen LogP contribution in [-0.4, -0.2) is 36.4 Å². The molecule has 1 saturated heterocycles. The molecule has 3 aromatic heterocycles. The van der Waals surface area contributed by atoms with Crippen LogP contribution >= 0.6 is 0 Å². The van der Waals surface area contributed by atoms with E-state index in [1.54, 1.807) is 12.4 Å². The highest BCUT2D eigenvalue weighted by Crippen LogP contribution is 2.43. The molecular weight excluding hydrogens is 314 g/mol. The molecule has 0 saturated carbocycles. The van der Waals surface area contributed by atoms with Crippen molar-refractivity contribution < 1.29 is 4.79 Å². The molecule has 126 valence electrons. The van der Waals surface area contributed by atoms with E-state index in [0.29, 0.717) is 6.42 Å².